The van der Waals surface area contributed by atoms with E-state index in [9.17, 15) is 5.11 Å². The van der Waals surface area contributed by atoms with Gasteiger partial charge in [0.1, 0.15) is 23.1 Å². The van der Waals surface area contributed by atoms with E-state index in [-0.39, 0.29) is 12.5 Å². The molecule has 0 unspecified atom stereocenters. The number of H-pyrrole nitrogens is 1. The van der Waals surface area contributed by atoms with Gasteiger partial charge in [0.2, 0.25) is 0 Å². The summed E-state index contributed by atoms with van der Waals surface area (Å²) in [4.78, 5) is 11.8. The van der Waals surface area contributed by atoms with Gasteiger partial charge < -0.3 is 19.5 Å². The minimum Gasteiger partial charge on any atom is -0.497 e. The Morgan fingerprint density at radius 3 is 2.88 bits per heavy atom. The molecule has 1 aliphatic heterocycles. The molecule has 2 aromatic carbocycles. The van der Waals surface area contributed by atoms with E-state index in [2.05, 4.69) is 16.3 Å². The van der Waals surface area contributed by atoms with Gasteiger partial charge >= 0.3 is 0 Å². The van der Waals surface area contributed by atoms with Crippen molar-refractivity contribution in [1.82, 2.24) is 20.2 Å². The van der Waals surface area contributed by atoms with Gasteiger partial charge in [-0.05, 0) is 47.9 Å². The number of nitrogens with zero attached hydrogens (tertiary/aromatic N) is 4. The van der Waals surface area contributed by atoms with E-state index in [0.29, 0.717) is 13.2 Å². The van der Waals surface area contributed by atoms with Crippen molar-refractivity contribution in [3.63, 3.8) is 0 Å². The number of benzene rings is 2. The normalized spacial score (nSPS) is 15.3. The number of nitrogens with one attached hydrogen (secondary N) is 1. The number of likely N-dealkylation sites (N-methyl/N-ethyl adjacent to an activating group) is 1. The number of aliphatic hydroxyl groups is 1. The lowest BCUT2D eigenvalue weighted by Gasteiger charge is -2.26. The highest BCUT2D eigenvalue weighted by atomic mass is 16.5. The highest BCUT2D eigenvalue weighted by Crippen LogP contribution is 2.36. The molecule has 164 valence electrons. The van der Waals surface area contributed by atoms with Crippen LogP contribution in [0.15, 0.2) is 48.8 Å². The first-order valence-electron chi connectivity index (χ1n) is 10.6. The van der Waals surface area contributed by atoms with Gasteiger partial charge in [0.15, 0.2) is 0 Å². The maximum Gasteiger partial charge on any atom is 0.140 e. The fourth-order valence-electron chi connectivity index (χ4n) is 4.11. The van der Waals surface area contributed by atoms with Crippen LogP contribution in [-0.2, 0) is 6.42 Å². The summed E-state index contributed by atoms with van der Waals surface area (Å²) in [5, 5.41) is 17.4. The Labute approximate surface area is 185 Å². The molecular formula is C24H25N5O3. The summed E-state index contributed by atoms with van der Waals surface area (Å²) in [6.45, 7) is 1.03. The summed E-state index contributed by atoms with van der Waals surface area (Å²) in [6, 6.07) is 12.0. The van der Waals surface area contributed by atoms with Crippen LogP contribution in [0.2, 0.25) is 0 Å². The van der Waals surface area contributed by atoms with Crippen LogP contribution >= 0.6 is 0 Å². The number of aliphatic hydroxyl groups excluding tert-OH is 1. The molecule has 1 aliphatic rings. The molecule has 0 saturated carbocycles. The molecule has 0 spiro atoms. The third-order valence-corrected chi connectivity index (χ3v) is 5.86. The quantitative estimate of drug-likeness (QED) is 0.484. The van der Waals surface area contributed by atoms with Crippen LogP contribution < -0.4 is 14.4 Å². The molecule has 5 rings (SSSR count). The second kappa shape index (κ2) is 8.47. The maximum atomic E-state index is 9.52. The molecule has 8 nitrogen and oxygen atoms in total. The number of aromatic nitrogens is 4. The molecule has 4 aromatic rings. The molecule has 0 fully saturated rings. The zero-order chi connectivity index (χ0) is 22.1. The van der Waals surface area contributed by atoms with Gasteiger partial charge in [-0.3, -0.25) is 5.10 Å². The zero-order valence-electron chi connectivity index (χ0n) is 18.1. The minimum absolute atomic E-state index is 0.0221. The SMILES string of the molecule is COc1ccc2c(c1)C[C@H](c1nc(N(C)CCO)c3cc(-c4cn[nH]c4)ccc3n1)CO2. The average molecular weight is 431 g/mol. The first-order chi connectivity index (χ1) is 15.7. The summed E-state index contributed by atoms with van der Waals surface area (Å²) in [5.41, 5.74) is 3.98. The summed E-state index contributed by atoms with van der Waals surface area (Å²) in [6.07, 6.45) is 4.42. The molecule has 2 N–H and O–H groups in total. The Bertz CT molecular complexity index is 1240. The molecule has 32 heavy (non-hydrogen) atoms. The van der Waals surface area contributed by atoms with Crippen molar-refractivity contribution < 1.29 is 14.6 Å². The number of anilines is 1. The van der Waals surface area contributed by atoms with E-state index in [4.69, 9.17) is 19.4 Å². The largest absolute Gasteiger partial charge is 0.497 e. The smallest absolute Gasteiger partial charge is 0.140 e. The molecular weight excluding hydrogens is 406 g/mol. The molecule has 0 bridgehead atoms. The average Bonchev–Trinajstić information content (AvgIpc) is 3.37. The topological polar surface area (TPSA) is 96.4 Å². The Balaban J connectivity index is 1.57. The van der Waals surface area contributed by atoms with Gasteiger partial charge in [0.25, 0.3) is 0 Å². The monoisotopic (exact) mass is 431 g/mol. The van der Waals surface area contributed by atoms with Gasteiger partial charge in [0, 0.05) is 30.7 Å². The standard InChI is InChI=1S/C24H25N5O3/c1-29(7-8-30)24-20-11-15(18-12-25-26-13-18)3-5-21(20)27-23(28-24)17-9-16-10-19(31-2)4-6-22(16)32-14-17/h3-6,10-13,17,30H,7-9,14H2,1-2H3,(H,25,26)/t17-/m0/s1. The molecule has 0 saturated heterocycles. The minimum atomic E-state index is 0.0221. The zero-order valence-corrected chi connectivity index (χ0v) is 18.1. The Kier molecular flexibility index (Phi) is 5.36. The maximum absolute atomic E-state index is 9.52. The second-order valence-corrected chi connectivity index (χ2v) is 7.96. The molecule has 8 heteroatoms. The fourth-order valence-corrected chi connectivity index (χ4v) is 4.11. The van der Waals surface area contributed by atoms with Crippen molar-refractivity contribution in [2.45, 2.75) is 12.3 Å². The molecule has 0 radical (unpaired) electrons. The Morgan fingerprint density at radius 1 is 1.19 bits per heavy atom. The molecule has 0 aliphatic carbocycles. The lowest BCUT2D eigenvalue weighted by Crippen LogP contribution is -2.25. The van der Waals surface area contributed by atoms with Crippen LogP contribution in [0.5, 0.6) is 11.5 Å². The van der Waals surface area contributed by atoms with Crippen molar-refractivity contribution in [1.29, 1.82) is 0 Å². The van der Waals surface area contributed by atoms with Crippen LogP contribution in [0.4, 0.5) is 5.82 Å². The molecule has 2 aromatic heterocycles. The van der Waals surface area contributed by atoms with Crippen LogP contribution in [0.25, 0.3) is 22.0 Å². The van der Waals surface area contributed by atoms with Crippen LogP contribution in [-0.4, -0.2) is 59.2 Å². The third kappa shape index (κ3) is 3.73. The summed E-state index contributed by atoms with van der Waals surface area (Å²) in [5.74, 6) is 3.24. The van der Waals surface area contributed by atoms with E-state index in [1.54, 1.807) is 13.3 Å². The lowest BCUT2D eigenvalue weighted by atomic mass is 9.95. The number of ether oxygens (including phenoxy) is 2. The van der Waals surface area contributed by atoms with Gasteiger partial charge in [0.05, 0.1) is 38.0 Å². The number of fused-ring (bicyclic) bond motifs is 2. The van der Waals surface area contributed by atoms with E-state index < -0.39 is 0 Å². The van der Waals surface area contributed by atoms with Crippen molar-refractivity contribution in [3.8, 4) is 22.6 Å². The Morgan fingerprint density at radius 2 is 2.09 bits per heavy atom. The van der Waals surface area contributed by atoms with Gasteiger partial charge in [-0.1, -0.05) is 6.07 Å². The van der Waals surface area contributed by atoms with E-state index >= 15 is 0 Å². The fraction of sp³-hybridized carbons (Fsp3) is 0.292. The third-order valence-electron chi connectivity index (χ3n) is 5.86. The van der Waals surface area contributed by atoms with E-state index in [0.717, 1.165) is 57.2 Å². The first-order valence-corrected chi connectivity index (χ1v) is 10.6. The van der Waals surface area contributed by atoms with Crippen molar-refractivity contribution >= 4 is 16.7 Å². The number of hydrogen-bond acceptors (Lipinski definition) is 7. The Hall–Kier alpha value is -3.65. The number of hydrogen-bond donors (Lipinski definition) is 2. The van der Waals surface area contributed by atoms with E-state index in [1.807, 2.05) is 48.5 Å². The summed E-state index contributed by atoms with van der Waals surface area (Å²) >= 11 is 0. The summed E-state index contributed by atoms with van der Waals surface area (Å²) in [7, 11) is 3.60. The second-order valence-electron chi connectivity index (χ2n) is 7.96. The van der Waals surface area contributed by atoms with Crippen LogP contribution in [0.1, 0.15) is 17.3 Å². The molecule has 1 atom stereocenters. The number of aromatic amines is 1. The highest BCUT2D eigenvalue weighted by Gasteiger charge is 2.26. The summed E-state index contributed by atoms with van der Waals surface area (Å²) < 4.78 is 11.4. The first kappa shape index (κ1) is 20.3. The predicted molar refractivity (Wildman–Crippen MR) is 122 cm³/mol. The van der Waals surface area contributed by atoms with Gasteiger partial charge in [-0.2, -0.15) is 5.10 Å². The molecule has 0 amide bonds. The van der Waals surface area contributed by atoms with Gasteiger partial charge in [-0.25, -0.2) is 9.97 Å². The van der Waals surface area contributed by atoms with Gasteiger partial charge in [-0.15, -0.1) is 0 Å². The number of methoxy groups -OCH3 is 1. The van der Waals surface area contributed by atoms with E-state index in [1.165, 1.54) is 0 Å². The number of rotatable bonds is 6. The van der Waals surface area contributed by atoms with Crippen LogP contribution in [0, 0.1) is 0 Å². The van der Waals surface area contributed by atoms with Crippen LogP contribution in [0.3, 0.4) is 0 Å². The lowest BCUT2D eigenvalue weighted by molar-refractivity contribution is 0.257. The van der Waals surface area contributed by atoms with Crippen molar-refractivity contribution in [2.75, 3.05) is 38.8 Å². The van der Waals surface area contributed by atoms with Crippen molar-refractivity contribution in [3.05, 3.63) is 60.2 Å². The van der Waals surface area contributed by atoms with Crippen molar-refractivity contribution in [2.24, 2.45) is 0 Å². The highest BCUT2D eigenvalue weighted by molar-refractivity contribution is 5.93. The predicted octanol–water partition coefficient (Wildman–Crippen LogP) is 3.18. The molecule has 3 heterocycles.